The molecule has 0 spiro atoms. The van der Waals surface area contributed by atoms with Crippen molar-refractivity contribution in [3.63, 3.8) is 0 Å². The highest BCUT2D eigenvalue weighted by Gasteiger charge is 2.24. The standard InChI is InChI=1S/C21H22N6O2/c1-13-9-14(2)24-21(23-13)27-7-4-15(5-8-27)10-19-25-20(29-26-19)18-11-16-12-22-6-3-17(16)28-18/h3,6,9,11-12,15H,4-5,7-8,10H2,1-2H3. The van der Waals surface area contributed by atoms with E-state index in [0.29, 0.717) is 17.6 Å². The molecule has 4 aromatic rings. The first kappa shape index (κ1) is 17.8. The van der Waals surface area contributed by atoms with E-state index in [0.717, 1.165) is 66.5 Å². The van der Waals surface area contributed by atoms with E-state index >= 15 is 0 Å². The van der Waals surface area contributed by atoms with Gasteiger partial charge in [0, 0.05) is 48.7 Å². The number of nitrogens with zero attached hydrogens (tertiary/aromatic N) is 6. The van der Waals surface area contributed by atoms with Gasteiger partial charge in [-0.25, -0.2) is 9.97 Å². The summed E-state index contributed by atoms with van der Waals surface area (Å²) in [6.45, 7) is 5.90. The lowest BCUT2D eigenvalue weighted by molar-refractivity contribution is 0.374. The Hall–Kier alpha value is -3.29. The molecule has 148 valence electrons. The van der Waals surface area contributed by atoms with Crippen molar-refractivity contribution in [1.29, 1.82) is 0 Å². The van der Waals surface area contributed by atoms with Crippen molar-refractivity contribution in [2.75, 3.05) is 18.0 Å². The van der Waals surface area contributed by atoms with E-state index < -0.39 is 0 Å². The van der Waals surface area contributed by atoms with Crippen molar-refractivity contribution in [2.45, 2.75) is 33.1 Å². The van der Waals surface area contributed by atoms with E-state index in [9.17, 15) is 0 Å². The van der Waals surface area contributed by atoms with E-state index in [1.54, 1.807) is 12.4 Å². The molecule has 5 rings (SSSR count). The van der Waals surface area contributed by atoms with Crippen LogP contribution in [0.3, 0.4) is 0 Å². The first-order valence-corrected chi connectivity index (χ1v) is 9.88. The lowest BCUT2D eigenvalue weighted by Crippen LogP contribution is -2.35. The molecule has 1 aliphatic rings. The van der Waals surface area contributed by atoms with Crippen LogP contribution in [-0.4, -0.2) is 38.2 Å². The minimum Gasteiger partial charge on any atom is -0.451 e. The summed E-state index contributed by atoms with van der Waals surface area (Å²) in [5.74, 6) is 3.06. The molecule has 1 aliphatic heterocycles. The summed E-state index contributed by atoms with van der Waals surface area (Å²) in [6, 6.07) is 5.70. The van der Waals surface area contributed by atoms with Crippen molar-refractivity contribution < 1.29 is 8.94 Å². The van der Waals surface area contributed by atoms with Gasteiger partial charge in [-0.2, -0.15) is 4.98 Å². The highest BCUT2D eigenvalue weighted by atomic mass is 16.5. The second-order valence-electron chi connectivity index (χ2n) is 7.63. The molecule has 0 amide bonds. The van der Waals surface area contributed by atoms with Gasteiger partial charge in [-0.05, 0) is 50.8 Å². The maximum Gasteiger partial charge on any atom is 0.293 e. The number of furan rings is 1. The van der Waals surface area contributed by atoms with Crippen molar-refractivity contribution in [2.24, 2.45) is 5.92 Å². The third-order valence-electron chi connectivity index (χ3n) is 5.33. The third kappa shape index (κ3) is 3.70. The van der Waals surface area contributed by atoms with Gasteiger partial charge >= 0.3 is 0 Å². The van der Waals surface area contributed by atoms with E-state index in [1.165, 1.54) is 0 Å². The number of hydrogen-bond acceptors (Lipinski definition) is 8. The van der Waals surface area contributed by atoms with Gasteiger partial charge in [0.15, 0.2) is 11.6 Å². The molecule has 0 atom stereocenters. The Labute approximate surface area is 168 Å². The molecule has 1 fully saturated rings. The number of piperidine rings is 1. The predicted octanol–water partition coefficient (Wildman–Crippen LogP) is 3.74. The maximum absolute atomic E-state index is 5.78. The zero-order chi connectivity index (χ0) is 19.8. The number of aromatic nitrogens is 5. The van der Waals surface area contributed by atoms with Gasteiger partial charge in [-0.3, -0.25) is 4.98 Å². The van der Waals surface area contributed by atoms with Crippen molar-refractivity contribution in [3.8, 4) is 11.7 Å². The molecule has 1 saturated heterocycles. The van der Waals surface area contributed by atoms with Crippen LogP contribution in [0.1, 0.15) is 30.1 Å². The number of rotatable bonds is 4. The van der Waals surface area contributed by atoms with Gasteiger partial charge < -0.3 is 13.8 Å². The van der Waals surface area contributed by atoms with E-state index in [-0.39, 0.29) is 0 Å². The van der Waals surface area contributed by atoms with Gasteiger partial charge in [0.2, 0.25) is 5.95 Å². The van der Waals surface area contributed by atoms with Crippen LogP contribution in [0.25, 0.3) is 22.6 Å². The average Bonchev–Trinajstić information content (AvgIpc) is 3.34. The lowest BCUT2D eigenvalue weighted by atomic mass is 9.93. The SMILES string of the molecule is Cc1cc(C)nc(N2CCC(Cc3noc(-c4cc5cnccc5o4)n3)CC2)n1. The molecule has 0 N–H and O–H groups in total. The minimum atomic E-state index is 0.414. The Bertz CT molecular complexity index is 1090. The zero-order valence-electron chi connectivity index (χ0n) is 16.5. The van der Waals surface area contributed by atoms with Crippen LogP contribution in [-0.2, 0) is 6.42 Å². The summed E-state index contributed by atoms with van der Waals surface area (Å²) < 4.78 is 11.2. The van der Waals surface area contributed by atoms with Crippen LogP contribution in [0, 0.1) is 19.8 Å². The largest absolute Gasteiger partial charge is 0.451 e. The van der Waals surface area contributed by atoms with Gasteiger partial charge in [0.05, 0.1) is 0 Å². The number of pyridine rings is 1. The fourth-order valence-corrected chi connectivity index (χ4v) is 3.87. The van der Waals surface area contributed by atoms with Gasteiger partial charge in [-0.15, -0.1) is 0 Å². The minimum absolute atomic E-state index is 0.414. The number of hydrogen-bond donors (Lipinski definition) is 0. The first-order valence-electron chi connectivity index (χ1n) is 9.88. The van der Waals surface area contributed by atoms with Crippen LogP contribution in [0.5, 0.6) is 0 Å². The Morgan fingerprint density at radius 3 is 2.62 bits per heavy atom. The summed E-state index contributed by atoms with van der Waals surface area (Å²) in [6.07, 6.45) is 6.36. The topological polar surface area (TPSA) is 94.0 Å². The molecule has 8 nitrogen and oxygen atoms in total. The number of anilines is 1. The molecule has 4 aromatic heterocycles. The zero-order valence-corrected chi connectivity index (χ0v) is 16.5. The Kier molecular flexibility index (Phi) is 4.46. The summed E-state index contributed by atoms with van der Waals surface area (Å²) >= 11 is 0. The van der Waals surface area contributed by atoms with Gasteiger partial charge in [0.25, 0.3) is 5.89 Å². The molecular formula is C21H22N6O2. The monoisotopic (exact) mass is 390 g/mol. The van der Waals surface area contributed by atoms with Gasteiger partial charge in [0.1, 0.15) is 5.58 Å². The summed E-state index contributed by atoms with van der Waals surface area (Å²) in [5, 5.41) is 5.08. The maximum atomic E-state index is 5.78. The van der Waals surface area contributed by atoms with Crippen LogP contribution < -0.4 is 4.90 Å². The third-order valence-corrected chi connectivity index (χ3v) is 5.33. The number of fused-ring (bicyclic) bond motifs is 1. The fourth-order valence-electron chi connectivity index (χ4n) is 3.87. The average molecular weight is 390 g/mol. The molecule has 0 aliphatic carbocycles. The summed E-state index contributed by atoms with van der Waals surface area (Å²) in [5.41, 5.74) is 2.78. The van der Waals surface area contributed by atoms with Crippen molar-refractivity contribution in [1.82, 2.24) is 25.1 Å². The normalized spacial score (nSPS) is 15.3. The fraction of sp³-hybridized carbons (Fsp3) is 0.381. The van der Waals surface area contributed by atoms with Crippen molar-refractivity contribution >= 4 is 16.9 Å². The molecular weight excluding hydrogens is 368 g/mol. The summed E-state index contributed by atoms with van der Waals surface area (Å²) in [7, 11) is 0. The highest BCUT2D eigenvalue weighted by molar-refractivity contribution is 5.80. The second-order valence-corrected chi connectivity index (χ2v) is 7.63. The van der Waals surface area contributed by atoms with E-state index in [2.05, 4.69) is 30.0 Å². The first-order chi connectivity index (χ1) is 14.1. The van der Waals surface area contributed by atoms with E-state index in [1.807, 2.05) is 32.0 Å². The molecule has 0 bridgehead atoms. The van der Waals surface area contributed by atoms with E-state index in [4.69, 9.17) is 8.94 Å². The Balaban J connectivity index is 1.23. The molecule has 5 heterocycles. The number of aryl methyl sites for hydroxylation is 2. The van der Waals surface area contributed by atoms with Crippen LogP contribution >= 0.6 is 0 Å². The Morgan fingerprint density at radius 2 is 1.86 bits per heavy atom. The van der Waals surface area contributed by atoms with Crippen LogP contribution in [0.2, 0.25) is 0 Å². The summed E-state index contributed by atoms with van der Waals surface area (Å²) in [4.78, 5) is 20.1. The highest BCUT2D eigenvalue weighted by Crippen LogP contribution is 2.28. The second kappa shape index (κ2) is 7.27. The lowest BCUT2D eigenvalue weighted by Gasteiger charge is -2.31. The molecule has 0 saturated carbocycles. The van der Waals surface area contributed by atoms with Crippen LogP contribution in [0.4, 0.5) is 5.95 Å². The van der Waals surface area contributed by atoms with Gasteiger partial charge in [-0.1, -0.05) is 5.16 Å². The quantitative estimate of drug-likeness (QED) is 0.520. The Morgan fingerprint density at radius 1 is 1.07 bits per heavy atom. The molecule has 0 aromatic carbocycles. The molecule has 0 unspecified atom stereocenters. The molecule has 0 radical (unpaired) electrons. The van der Waals surface area contributed by atoms with Crippen molar-refractivity contribution in [3.05, 3.63) is 47.8 Å². The predicted molar refractivity (Wildman–Crippen MR) is 107 cm³/mol. The smallest absolute Gasteiger partial charge is 0.293 e. The van der Waals surface area contributed by atoms with Crippen LogP contribution in [0.15, 0.2) is 39.5 Å². The molecule has 8 heteroatoms. The molecule has 29 heavy (non-hydrogen) atoms.